The van der Waals surface area contributed by atoms with Crippen LogP contribution in [-0.2, 0) is 18.1 Å². The van der Waals surface area contributed by atoms with E-state index in [2.05, 4.69) is 5.32 Å². The molecule has 0 saturated heterocycles. The summed E-state index contributed by atoms with van der Waals surface area (Å²) in [4.78, 5) is 44.0. The maximum atomic E-state index is 13.8. The lowest BCUT2D eigenvalue weighted by molar-refractivity contribution is -0.185. The predicted octanol–water partition coefficient (Wildman–Crippen LogP) is 2.49. The van der Waals surface area contributed by atoms with E-state index in [0.717, 1.165) is 31.9 Å². The van der Waals surface area contributed by atoms with Gasteiger partial charge in [0.25, 0.3) is 11.8 Å². The Morgan fingerprint density at radius 2 is 1.84 bits per heavy atom. The molecule has 1 saturated carbocycles. The fraction of sp³-hybridized carbons (Fsp3) is 0.381. The first-order valence-electron chi connectivity index (χ1n) is 10.0. The smallest absolute Gasteiger partial charge is 0.298 e. The second-order valence-corrected chi connectivity index (χ2v) is 7.58. The summed E-state index contributed by atoms with van der Waals surface area (Å²) in [6, 6.07) is 0.875. The zero-order chi connectivity index (χ0) is 23.0. The summed E-state index contributed by atoms with van der Waals surface area (Å²) >= 11 is 0. The first-order chi connectivity index (χ1) is 15.3. The SMILES string of the molecule is COc1c2n(cc(C(=O)NCc3c(F)cc(F)cc3F)c1=O)CON(C1CCCC1)C2=O. The van der Waals surface area contributed by atoms with Crippen LogP contribution in [0.1, 0.15) is 52.1 Å². The molecule has 1 aromatic carbocycles. The van der Waals surface area contributed by atoms with Gasteiger partial charge in [-0.15, -0.1) is 0 Å². The van der Waals surface area contributed by atoms with Gasteiger partial charge in [0.05, 0.1) is 13.2 Å². The third-order valence-corrected chi connectivity index (χ3v) is 5.61. The van der Waals surface area contributed by atoms with Crippen LogP contribution in [0, 0.1) is 17.5 Å². The van der Waals surface area contributed by atoms with E-state index in [4.69, 9.17) is 9.57 Å². The summed E-state index contributed by atoms with van der Waals surface area (Å²) in [7, 11) is 1.20. The molecule has 0 atom stereocenters. The van der Waals surface area contributed by atoms with Gasteiger partial charge in [0.2, 0.25) is 5.43 Å². The van der Waals surface area contributed by atoms with Crippen LogP contribution in [0.2, 0.25) is 0 Å². The van der Waals surface area contributed by atoms with E-state index in [1.807, 2.05) is 0 Å². The van der Waals surface area contributed by atoms with E-state index in [1.54, 1.807) is 0 Å². The summed E-state index contributed by atoms with van der Waals surface area (Å²) in [5, 5.41) is 3.49. The quantitative estimate of drug-likeness (QED) is 0.755. The molecule has 0 spiro atoms. The number of aromatic nitrogens is 1. The fourth-order valence-electron chi connectivity index (χ4n) is 4.01. The summed E-state index contributed by atoms with van der Waals surface area (Å²) in [5.74, 6) is -5.25. The molecule has 1 aliphatic carbocycles. The Hall–Kier alpha value is -3.34. The molecule has 1 aliphatic heterocycles. The Balaban J connectivity index is 1.62. The number of hydroxylamine groups is 2. The highest BCUT2D eigenvalue weighted by Crippen LogP contribution is 2.29. The van der Waals surface area contributed by atoms with Crippen molar-refractivity contribution < 1.29 is 32.3 Å². The number of pyridine rings is 1. The zero-order valence-corrected chi connectivity index (χ0v) is 17.1. The normalized spacial score (nSPS) is 16.2. The Kier molecular flexibility index (Phi) is 5.92. The number of hydrogen-bond donors (Lipinski definition) is 1. The lowest BCUT2D eigenvalue weighted by Crippen LogP contribution is -2.46. The zero-order valence-electron chi connectivity index (χ0n) is 17.1. The summed E-state index contributed by atoms with van der Waals surface area (Å²) in [6.45, 7) is -0.749. The monoisotopic (exact) mass is 451 g/mol. The van der Waals surface area contributed by atoms with E-state index in [-0.39, 0.29) is 24.2 Å². The molecule has 2 aliphatic rings. The highest BCUT2D eigenvalue weighted by Gasteiger charge is 2.37. The van der Waals surface area contributed by atoms with Gasteiger partial charge in [0.15, 0.2) is 18.2 Å². The number of rotatable bonds is 5. The van der Waals surface area contributed by atoms with Crippen molar-refractivity contribution in [3.05, 3.63) is 62.8 Å². The van der Waals surface area contributed by atoms with Gasteiger partial charge in [0.1, 0.15) is 23.0 Å². The standard InChI is InChI=1S/C21H20F3N3O5/c1-31-19-17-21(30)27(12-4-2-3-5-12)32-10-26(17)9-14(18(19)28)20(29)25-8-13-15(23)6-11(22)7-16(13)24/h6-7,9,12H,2-5,8,10H2,1H3,(H,25,29). The molecule has 1 aromatic heterocycles. The van der Waals surface area contributed by atoms with Gasteiger partial charge in [0, 0.05) is 30.4 Å². The van der Waals surface area contributed by atoms with Crippen LogP contribution in [-0.4, -0.2) is 34.6 Å². The molecular formula is C21H20F3N3O5. The molecule has 0 unspecified atom stereocenters. The number of carbonyl (C=O) groups is 2. The van der Waals surface area contributed by atoms with Crippen LogP contribution < -0.4 is 15.5 Å². The highest BCUT2D eigenvalue weighted by molar-refractivity contribution is 5.98. The van der Waals surface area contributed by atoms with Crippen LogP contribution >= 0.6 is 0 Å². The summed E-state index contributed by atoms with van der Waals surface area (Å²) in [6.07, 6.45) is 4.65. The minimum absolute atomic E-state index is 0.0391. The molecule has 4 rings (SSSR count). The molecular weight excluding hydrogens is 431 g/mol. The van der Waals surface area contributed by atoms with Crippen molar-refractivity contribution in [1.82, 2.24) is 14.9 Å². The van der Waals surface area contributed by atoms with Gasteiger partial charge in [-0.1, -0.05) is 12.8 Å². The number of methoxy groups -OCH3 is 1. The van der Waals surface area contributed by atoms with Gasteiger partial charge in [-0.3, -0.25) is 14.4 Å². The maximum absolute atomic E-state index is 13.8. The number of nitrogens with one attached hydrogen (secondary N) is 1. The highest BCUT2D eigenvalue weighted by atomic mass is 19.1. The number of ether oxygens (including phenoxy) is 1. The van der Waals surface area contributed by atoms with Crippen LogP contribution in [0.5, 0.6) is 5.75 Å². The number of halogens is 3. The lowest BCUT2D eigenvalue weighted by atomic mass is 10.1. The minimum Gasteiger partial charge on any atom is -0.491 e. The molecule has 0 radical (unpaired) electrons. The van der Waals surface area contributed by atoms with Crippen LogP contribution in [0.15, 0.2) is 23.1 Å². The first kappa shape index (κ1) is 21.9. The topological polar surface area (TPSA) is 89.9 Å². The van der Waals surface area contributed by atoms with E-state index in [0.29, 0.717) is 12.1 Å². The number of hydrogen-bond acceptors (Lipinski definition) is 5. The number of benzene rings is 1. The molecule has 170 valence electrons. The van der Waals surface area contributed by atoms with Crippen molar-refractivity contribution in [2.75, 3.05) is 7.11 Å². The molecule has 11 heteroatoms. The van der Waals surface area contributed by atoms with E-state index >= 15 is 0 Å². The third kappa shape index (κ3) is 3.83. The maximum Gasteiger partial charge on any atom is 0.298 e. The lowest BCUT2D eigenvalue weighted by Gasteiger charge is -2.33. The molecule has 8 nitrogen and oxygen atoms in total. The van der Waals surface area contributed by atoms with Gasteiger partial charge in [-0.05, 0) is 12.8 Å². The Bertz CT molecular complexity index is 1120. The van der Waals surface area contributed by atoms with Crippen molar-refractivity contribution in [2.24, 2.45) is 0 Å². The Morgan fingerprint density at radius 1 is 1.19 bits per heavy atom. The van der Waals surface area contributed by atoms with E-state index < -0.39 is 52.4 Å². The van der Waals surface area contributed by atoms with E-state index in [1.165, 1.54) is 16.7 Å². The van der Waals surface area contributed by atoms with Crippen molar-refractivity contribution in [1.29, 1.82) is 0 Å². The van der Waals surface area contributed by atoms with Crippen LogP contribution in [0.25, 0.3) is 0 Å². The molecule has 0 bridgehead atoms. The van der Waals surface area contributed by atoms with Gasteiger partial charge in [-0.2, -0.15) is 0 Å². The fourth-order valence-corrected chi connectivity index (χ4v) is 4.01. The van der Waals surface area contributed by atoms with Gasteiger partial charge >= 0.3 is 0 Å². The van der Waals surface area contributed by atoms with Crippen LogP contribution in [0.3, 0.4) is 0 Å². The Morgan fingerprint density at radius 3 is 2.47 bits per heavy atom. The third-order valence-electron chi connectivity index (χ3n) is 5.61. The number of carbonyl (C=O) groups excluding carboxylic acids is 2. The summed E-state index contributed by atoms with van der Waals surface area (Å²) in [5.41, 5.74) is -1.85. The minimum atomic E-state index is -1.17. The number of amides is 2. The molecule has 2 heterocycles. The van der Waals surface area contributed by atoms with Crippen molar-refractivity contribution in [3.8, 4) is 5.75 Å². The van der Waals surface area contributed by atoms with Crippen molar-refractivity contribution in [2.45, 2.75) is 45.0 Å². The van der Waals surface area contributed by atoms with Gasteiger partial charge in [-0.25, -0.2) is 23.1 Å². The van der Waals surface area contributed by atoms with Gasteiger partial charge < -0.3 is 14.6 Å². The average molecular weight is 451 g/mol. The first-order valence-corrected chi connectivity index (χ1v) is 10.0. The number of nitrogens with zero attached hydrogens (tertiary/aromatic N) is 2. The van der Waals surface area contributed by atoms with Crippen LogP contribution in [0.4, 0.5) is 13.2 Å². The van der Waals surface area contributed by atoms with E-state index in [9.17, 15) is 27.6 Å². The second kappa shape index (κ2) is 8.65. The molecule has 1 fully saturated rings. The largest absolute Gasteiger partial charge is 0.491 e. The summed E-state index contributed by atoms with van der Waals surface area (Å²) < 4.78 is 47.1. The van der Waals surface area contributed by atoms with Crippen molar-refractivity contribution >= 4 is 11.8 Å². The molecule has 2 amide bonds. The number of fused-ring (bicyclic) bond motifs is 1. The Labute approximate surface area is 180 Å². The predicted molar refractivity (Wildman–Crippen MR) is 104 cm³/mol. The van der Waals surface area contributed by atoms with Crippen molar-refractivity contribution in [3.63, 3.8) is 0 Å². The second-order valence-electron chi connectivity index (χ2n) is 7.58. The molecule has 2 aromatic rings. The molecule has 32 heavy (non-hydrogen) atoms. The average Bonchev–Trinajstić information content (AvgIpc) is 3.27. The molecule has 1 N–H and O–H groups in total.